The number of aliphatic hydroxyl groups excluding tert-OH is 1. The van der Waals surface area contributed by atoms with Crippen LogP contribution in [0.25, 0.3) is 0 Å². The number of para-hydroxylation sites is 1. The Hall–Kier alpha value is -1.87. The van der Waals surface area contributed by atoms with Crippen molar-refractivity contribution in [1.82, 2.24) is 4.98 Å². The van der Waals surface area contributed by atoms with Crippen molar-refractivity contribution < 1.29 is 9.84 Å². The van der Waals surface area contributed by atoms with E-state index >= 15 is 0 Å². The number of benzene rings is 1. The molecule has 2 atom stereocenters. The first kappa shape index (κ1) is 10.3. The second-order valence-corrected chi connectivity index (χ2v) is 4.18. The van der Waals surface area contributed by atoms with E-state index in [4.69, 9.17) is 4.74 Å². The fraction of sp³-hybridized carbons (Fsp3) is 0.214. The Morgan fingerprint density at radius 2 is 2.06 bits per heavy atom. The lowest BCUT2D eigenvalue weighted by Crippen LogP contribution is -2.18. The van der Waals surface area contributed by atoms with Crippen LogP contribution in [-0.2, 0) is 0 Å². The number of rotatable bonds is 1. The lowest BCUT2D eigenvalue weighted by Gasteiger charge is -2.29. The molecule has 0 spiro atoms. The Kier molecular flexibility index (Phi) is 2.53. The Labute approximate surface area is 99.7 Å². The number of hydrogen-bond donors (Lipinski definition) is 1. The van der Waals surface area contributed by atoms with Crippen molar-refractivity contribution in [3.8, 4) is 5.75 Å². The molecule has 1 aromatic heterocycles. The SMILES string of the molecule is O[C@H]1CC(c2cccnc2)Oc2ccccc21. The summed E-state index contributed by atoms with van der Waals surface area (Å²) in [6.07, 6.45) is 3.50. The normalized spacial score (nSPS) is 22.6. The second-order valence-electron chi connectivity index (χ2n) is 4.18. The van der Waals surface area contributed by atoms with Crippen molar-refractivity contribution in [2.24, 2.45) is 0 Å². The quantitative estimate of drug-likeness (QED) is 0.814. The van der Waals surface area contributed by atoms with Gasteiger partial charge in [0.25, 0.3) is 0 Å². The van der Waals surface area contributed by atoms with E-state index in [9.17, 15) is 5.11 Å². The molecule has 3 rings (SSSR count). The largest absolute Gasteiger partial charge is 0.485 e. The highest BCUT2D eigenvalue weighted by atomic mass is 16.5. The van der Waals surface area contributed by atoms with Gasteiger partial charge >= 0.3 is 0 Å². The summed E-state index contributed by atoms with van der Waals surface area (Å²) >= 11 is 0. The van der Waals surface area contributed by atoms with Crippen LogP contribution in [0.3, 0.4) is 0 Å². The Morgan fingerprint density at radius 1 is 1.18 bits per heavy atom. The summed E-state index contributed by atoms with van der Waals surface area (Å²) in [7, 11) is 0. The number of fused-ring (bicyclic) bond motifs is 1. The van der Waals surface area contributed by atoms with Gasteiger partial charge in [0.1, 0.15) is 11.9 Å². The molecule has 1 aliphatic heterocycles. The Morgan fingerprint density at radius 3 is 2.88 bits per heavy atom. The molecule has 0 bridgehead atoms. The van der Waals surface area contributed by atoms with Crippen LogP contribution in [0.4, 0.5) is 0 Å². The van der Waals surface area contributed by atoms with Crippen LogP contribution in [0.1, 0.15) is 29.8 Å². The van der Waals surface area contributed by atoms with Crippen molar-refractivity contribution in [3.63, 3.8) is 0 Å². The maximum Gasteiger partial charge on any atom is 0.128 e. The van der Waals surface area contributed by atoms with Gasteiger partial charge in [-0.25, -0.2) is 0 Å². The van der Waals surface area contributed by atoms with E-state index in [0.717, 1.165) is 16.9 Å². The molecule has 1 aromatic carbocycles. The molecule has 3 heteroatoms. The maximum atomic E-state index is 10.1. The minimum Gasteiger partial charge on any atom is -0.485 e. The zero-order chi connectivity index (χ0) is 11.7. The first-order chi connectivity index (χ1) is 8.34. The molecule has 0 saturated heterocycles. The van der Waals surface area contributed by atoms with Gasteiger partial charge in [0, 0.05) is 29.9 Å². The minimum absolute atomic E-state index is 0.117. The van der Waals surface area contributed by atoms with Gasteiger partial charge in [-0.2, -0.15) is 0 Å². The first-order valence-electron chi connectivity index (χ1n) is 5.68. The van der Waals surface area contributed by atoms with E-state index in [2.05, 4.69) is 4.98 Å². The summed E-state index contributed by atoms with van der Waals surface area (Å²) in [4.78, 5) is 4.08. The summed E-state index contributed by atoms with van der Waals surface area (Å²) < 4.78 is 5.89. The zero-order valence-electron chi connectivity index (χ0n) is 9.28. The van der Waals surface area contributed by atoms with Gasteiger partial charge in [-0.15, -0.1) is 0 Å². The van der Waals surface area contributed by atoms with Gasteiger partial charge in [-0.1, -0.05) is 24.3 Å². The van der Waals surface area contributed by atoms with Crippen molar-refractivity contribution in [2.45, 2.75) is 18.6 Å². The van der Waals surface area contributed by atoms with Crippen molar-refractivity contribution in [3.05, 3.63) is 59.9 Å². The van der Waals surface area contributed by atoms with E-state index < -0.39 is 6.10 Å². The summed E-state index contributed by atoms with van der Waals surface area (Å²) in [5, 5.41) is 10.1. The molecule has 3 nitrogen and oxygen atoms in total. The van der Waals surface area contributed by atoms with Gasteiger partial charge in [-0.05, 0) is 12.1 Å². The second kappa shape index (κ2) is 4.18. The number of nitrogens with zero attached hydrogens (tertiary/aromatic N) is 1. The summed E-state index contributed by atoms with van der Waals surface area (Å²) in [5.41, 5.74) is 1.87. The first-order valence-corrected chi connectivity index (χ1v) is 5.68. The van der Waals surface area contributed by atoms with Crippen LogP contribution in [0.15, 0.2) is 48.8 Å². The highest BCUT2D eigenvalue weighted by Gasteiger charge is 2.27. The predicted octanol–water partition coefficient (Wildman–Crippen LogP) is 2.64. The number of aromatic nitrogens is 1. The van der Waals surface area contributed by atoms with E-state index in [-0.39, 0.29) is 6.10 Å². The molecule has 2 heterocycles. The molecule has 17 heavy (non-hydrogen) atoms. The molecule has 0 aliphatic carbocycles. The van der Waals surface area contributed by atoms with Crippen LogP contribution in [-0.4, -0.2) is 10.1 Å². The van der Waals surface area contributed by atoms with Crippen molar-refractivity contribution in [1.29, 1.82) is 0 Å². The molecule has 1 unspecified atom stereocenters. The van der Waals surface area contributed by atoms with Gasteiger partial charge in [-0.3, -0.25) is 4.98 Å². The van der Waals surface area contributed by atoms with Gasteiger partial charge in [0.05, 0.1) is 6.10 Å². The van der Waals surface area contributed by atoms with Gasteiger partial charge < -0.3 is 9.84 Å². The molecular formula is C14H13NO2. The molecule has 2 aromatic rings. The fourth-order valence-electron chi connectivity index (χ4n) is 2.16. The molecular weight excluding hydrogens is 214 g/mol. The molecule has 0 fully saturated rings. The number of aliphatic hydroxyl groups is 1. The summed E-state index contributed by atoms with van der Waals surface area (Å²) in [5.74, 6) is 0.764. The molecule has 0 radical (unpaired) electrons. The third-order valence-electron chi connectivity index (χ3n) is 3.04. The van der Waals surface area contributed by atoms with E-state index in [0.29, 0.717) is 6.42 Å². The smallest absolute Gasteiger partial charge is 0.128 e. The van der Waals surface area contributed by atoms with E-state index in [1.165, 1.54) is 0 Å². The average molecular weight is 227 g/mol. The average Bonchev–Trinajstić information content (AvgIpc) is 2.40. The summed E-state index contributed by atoms with van der Waals surface area (Å²) in [6, 6.07) is 11.5. The Balaban J connectivity index is 1.94. The zero-order valence-corrected chi connectivity index (χ0v) is 9.28. The van der Waals surface area contributed by atoms with Gasteiger partial charge in [0.15, 0.2) is 0 Å². The fourth-order valence-corrected chi connectivity index (χ4v) is 2.16. The van der Waals surface area contributed by atoms with E-state index in [1.807, 2.05) is 36.4 Å². The monoisotopic (exact) mass is 227 g/mol. The van der Waals surface area contributed by atoms with Crippen LogP contribution < -0.4 is 4.74 Å². The van der Waals surface area contributed by atoms with Gasteiger partial charge in [0.2, 0.25) is 0 Å². The predicted molar refractivity (Wildman–Crippen MR) is 63.6 cm³/mol. The van der Waals surface area contributed by atoms with Crippen LogP contribution in [0.5, 0.6) is 5.75 Å². The van der Waals surface area contributed by atoms with Crippen LogP contribution >= 0.6 is 0 Å². The lowest BCUT2D eigenvalue weighted by atomic mass is 9.96. The standard InChI is InChI=1S/C14H13NO2/c16-12-8-14(10-4-3-7-15-9-10)17-13-6-2-1-5-11(12)13/h1-7,9,12,14,16H,8H2/t12-,14?/m0/s1. The highest BCUT2D eigenvalue weighted by Crippen LogP contribution is 2.40. The molecule has 0 amide bonds. The lowest BCUT2D eigenvalue weighted by molar-refractivity contribution is 0.0656. The maximum absolute atomic E-state index is 10.1. The van der Waals surface area contributed by atoms with Crippen LogP contribution in [0.2, 0.25) is 0 Å². The minimum atomic E-state index is -0.467. The van der Waals surface area contributed by atoms with Crippen molar-refractivity contribution >= 4 is 0 Å². The Bertz CT molecular complexity index is 513. The van der Waals surface area contributed by atoms with E-state index in [1.54, 1.807) is 12.4 Å². The van der Waals surface area contributed by atoms with Crippen LogP contribution in [0, 0.1) is 0 Å². The molecule has 86 valence electrons. The number of ether oxygens (including phenoxy) is 1. The highest BCUT2D eigenvalue weighted by molar-refractivity contribution is 5.38. The number of hydrogen-bond acceptors (Lipinski definition) is 3. The van der Waals surface area contributed by atoms with Crippen molar-refractivity contribution in [2.75, 3.05) is 0 Å². The topological polar surface area (TPSA) is 42.4 Å². The molecule has 1 N–H and O–H groups in total. The molecule has 0 saturated carbocycles. The third kappa shape index (κ3) is 1.89. The third-order valence-corrected chi connectivity index (χ3v) is 3.04. The molecule has 1 aliphatic rings. The summed E-state index contributed by atoms with van der Waals surface area (Å²) in [6.45, 7) is 0. The number of pyridine rings is 1.